The zero-order chi connectivity index (χ0) is 53.8. The molecule has 73 heavy (non-hydrogen) atoms. The van der Waals surface area contributed by atoms with Crippen LogP contribution in [-0.2, 0) is 0 Å². The zero-order valence-corrected chi connectivity index (χ0v) is 40.4. The van der Waals surface area contributed by atoms with Crippen molar-refractivity contribution < 1.29 is 8.22 Å². The number of fused-ring (bicyclic) bond motifs is 9. The van der Waals surface area contributed by atoms with Crippen LogP contribution in [0.25, 0.3) is 110 Å². The summed E-state index contributed by atoms with van der Waals surface area (Å²) in [6, 6.07) is 51.6. The molecule has 5 nitrogen and oxygen atoms in total. The van der Waals surface area contributed by atoms with Gasteiger partial charge in [0.2, 0.25) is 0 Å². The Balaban J connectivity index is 0.971. The Labute approximate surface area is 434 Å². The van der Waals surface area contributed by atoms with Crippen LogP contribution in [0.5, 0.6) is 0 Å². The van der Waals surface area contributed by atoms with Crippen LogP contribution >= 0.6 is 0 Å². The first-order valence-electron chi connectivity index (χ1n) is 28.9. The van der Waals surface area contributed by atoms with E-state index < -0.39 is 0 Å². The molecule has 2 fully saturated rings. The second-order valence-electron chi connectivity index (χ2n) is 20.3. The first-order valence-corrected chi connectivity index (χ1v) is 25.9. The lowest BCUT2D eigenvalue weighted by Gasteiger charge is -2.22. The number of para-hydroxylation sites is 1. The lowest BCUT2D eigenvalue weighted by molar-refractivity contribution is 0.443. The van der Waals surface area contributed by atoms with E-state index >= 15 is 0 Å². The molecular formula is C68H53N5. The van der Waals surface area contributed by atoms with Crippen LogP contribution in [0, 0.1) is 17.9 Å². The highest BCUT2D eigenvalue weighted by atomic mass is 15.0. The van der Waals surface area contributed by atoms with Crippen LogP contribution in [0.2, 0.25) is 0 Å². The van der Waals surface area contributed by atoms with Crippen molar-refractivity contribution in [3.05, 3.63) is 216 Å². The molecule has 3 aromatic heterocycles. The van der Waals surface area contributed by atoms with Crippen molar-refractivity contribution in [3.8, 4) is 45.4 Å². The molecular weight excluding hydrogens is 887 g/mol. The Morgan fingerprint density at radius 3 is 1.41 bits per heavy atom. The first kappa shape index (κ1) is 37.2. The van der Waals surface area contributed by atoms with Crippen molar-refractivity contribution in [1.82, 2.24) is 13.7 Å². The van der Waals surface area contributed by atoms with Crippen molar-refractivity contribution in [3.63, 3.8) is 0 Å². The van der Waals surface area contributed by atoms with Crippen LogP contribution in [0.4, 0.5) is 5.69 Å². The number of hydrogen-bond donors (Lipinski definition) is 0. The topological polar surface area (TPSA) is 42.9 Å². The van der Waals surface area contributed by atoms with Crippen molar-refractivity contribution in [2.75, 3.05) is 0 Å². The monoisotopic (exact) mass is 945 g/mol. The predicted molar refractivity (Wildman–Crippen MR) is 303 cm³/mol. The second kappa shape index (κ2) is 17.6. The molecule has 2 aliphatic rings. The predicted octanol–water partition coefficient (Wildman–Crippen LogP) is 18.8. The van der Waals surface area contributed by atoms with Crippen LogP contribution in [0.3, 0.4) is 0 Å². The number of nitrogens with zero attached hydrogens (tertiary/aromatic N) is 5. The van der Waals surface area contributed by atoms with Crippen molar-refractivity contribution >= 4 is 71.1 Å². The number of nitriles is 1. The fourth-order valence-corrected chi connectivity index (χ4v) is 12.4. The van der Waals surface area contributed by atoms with E-state index in [1.807, 2.05) is 103 Å². The maximum absolute atomic E-state index is 10.3. The van der Waals surface area contributed by atoms with E-state index in [0.29, 0.717) is 39.9 Å². The van der Waals surface area contributed by atoms with Gasteiger partial charge in [-0.15, -0.1) is 0 Å². The van der Waals surface area contributed by atoms with E-state index in [1.54, 1.807) is 4.57 Å². The summed E-state index contributed by atoms with van der Waals surface area (Å²) in [4.78, 5) is 3.79. The molecule has 0 aliphatic heterocycles. The van der Waals surface area contributed by atoms with Gasteiger partial charge in [-0.05, 0) is 174 Å². The van der Waals surface area contributed by atoms with Gasteiger partial charge in [-0.2, -0.15) is 5.26 Å². The van der Waals surface area contributed by atoms with Gasteiger partial charge in [0, 0.05) is 54.9 Å². The average molecular weight is 946 g/mol. The van der Waals surface area contributed by atoms with Gasteiger partial charge >= 0.3 is 0 Å². The average Bonchev–Trinajstić information content (AvgIpc) is 3.43. The third-order valence-corrected chi connectivity index (χ3v) is 16.1. The van der Waals surface area contributed by atoms with Crippen LogP contribution in [-0.4, -0.2) is 13.7 Å². The standard InChI is InChI=1S/C68H53N5/c1-70-53-26-32-58-60-39-50(23-34-64(60)73(68(58)42-53)56-29-20-48(21-30-56)46-13-7-3-8-14-46)52-25-36-66-62(41-52)61-40-51(24-35-65(61)71(66)54-15-9-4-10-16-54)49-22-33-63-59(38-49)57-31-17-44(43-69)37-67(57)72(63)55-27-18-47(19-28-55)45-11-5-2-6-12-45/h4,9-10,15-42,45-46H,2-3,5-8,11-14H2/i24D,25D,35D,36D,40D,41D. The Kier molecular flexibility index (Phi) is 8.96. The van der Waals surface area contributed by atoms with E-state index in [0.717, 1.165) is 55.0 Å². The summed E-state index contributed by atoms with van der Waals surface area (Å²) in [6.07, 6.45) is 12.4. The normalized spacial score (nSPS) is 15.9. The Morgan fingerprint density at radius 1 is 0.425 bits per heavy atom. The van der Waals surface area contributed by atoms with Gasteiger partial charge in [-0.3, -0.25) is 0 Å². The quantitative estimate of drug-likeness (QED) is 0.147. The van der Waals surface area contributed by atoms with Crippen LogP contribution < -0.4 is 0 Å². The van der Waals surface area contributed by atoms with Crippen LogP contribution in [0.15, 0.2) is 188 Å². The Morgan fingerprint density at radius 2 is 0.904 bits per heavy atom. The van der Waals surface area contributed by atoms with E-state index in [9.17, 15) is 13.5 Å². The molecule has 0 amide bonds. The Bertz CT molecular complexity index is 4310. The van der Waals surface area contributed by atoms with Gasteiger partial charge in [0.1, 0.15) is 0 Å². The molecule has 0 N–H and O–H groups in total. The molecule has 2 saturated carbocycles. The molecule has 14 rings (SSSR count). The molecule has 5 heteroatoms. The Hall–Kier alpha value is -8.64. The van der Waals surface area contributed by atoms with Crippen molar-refractivity contribution in [2.45, 2.75) is 76.0 Å². The van der Waals surface area contributed by atoms with Crippen molar-refractivity contribution in [1.29, 1.82) is 5.26 Å². The number of hydrogen-bond acceptors (Lipinski definition) is 1. The van der Waals surface area contributed by atoms with Gasteiger partial charge in [0.05, 0.1) is 54.0 Å². The lowest BCUT2D eigenvalue weighted by Crippen LogP contribution is -2.04. The summed E-state index contributed by atoms with van der Waals surface area (Å²) < 4.78 is 65.8. The molecule has 0 atom stereocenters. The molecule has 0 unspecified atom stereocenters. The second-order valence-corrected chi connectivity index (χ2v) is 20.3. The van der Waals surface area contributed by atoms with Gasteiger partial charge in [-0.1, -0.05) is 123 Å². The highest BCUT2D eigenvalue weighted by molar-refractivity contribution is 6.15. The molecule has 12 aromatic rings. The molecule has 2 aliphatic carbocycles. The highest BCUT2D eigenvalue weighted by Gasteiger charge is 2.21. The number of rotatable bonds is 7. The molecule has 0 spiro atoms. The number of aromatic nitrogens is 3. The van der Waals surface area contributed by atoms with Gasteiger partial charge in [0.15, 0.2) is 5.69 Å². The molecule has 3 heterocycles. The molecule has 0 saturated heterocycles. The molecule has 0 radical (unpaired) electrons. The highest BCUT2D eigenvalue weighted by Crippen LogP contribution is 2.43. The SMILES string of the molecule is [2H]c1c(-c2ccc3c(c2)c2ccc(C#N)cc2n3-c2ccc(C3CCCCC3)cc2)c([2H])c2c3c([2H])c(-c4ccc5c(c4)c4ccc([N+]#[C-])cc4n5-c4ccc(C5CCCCC5)cc4)c([2H])c([2H])c3n(-c3ccccc3)c2c1[2H]. The van der Waals surface area contributed by atoms with Crippen LogP contribution in [0.1, 0.15) is 101 Å². The van der Waals surface area contributed by atoms with E-state index in [-0.39, 0.29) is 69.2 Å². The van der Waals surface area contributed by atoms with Crippen molar-refractivity contribution in [2.24, 2.45) is 0 Å². The minimum atomic E-state index is -0.165. The summed E-state index contributed by atoms with van der Waals surface area (Å²) >= 11 is 0. The zero-order valence-electron chi connectivity index (χ0n) is 46.4. The third kappa shape index (κ3) is 7.25. The smallest absolute Gasteiger partial charge is 0.189 e. The maximum Gasteiger partial charge on any atom is 0.189 e. The first-order chi connectivity index (χ1) is 38.6. The molecule has 0 bridgehead atoms. The van der Waals surface area contributed by atoms with E-state index in [2.05, 4.69) is 68.6 Å². The van der Waals surface area contributed by atoms with Gasteiger partial charge < -0.3 is 13.7 Å². The fourth-order valence-electron chi connectivity index (χ4n) is 12.4. The molecule has 350 valence electrons. The summed E-state index contributed by atoms with van der Waals surface area (Å²) in [5, 5.41) is 14.1. The summed E-state index contributed by atoms with van der Waals surface area (Å²) in [5.41, 5.74) is 11.8. The maximum atomic E-state index is 10.3. The largest absolute Gasteiger partial charge is 0.311 e. The van der Waals surface area contributed by atoms with E-state index in [1.165, 1.54) is 75.3 Å². The molecule has 9 aromatic carbocycles. The van der Waals surface area contributed by atoms with Gasteiger partial charge in [0.25, 0.3) is 0 Å². The van der Waals surface area contributed by atoms with Gasteiger partial charge in [-0.25, -0.2) is 4.85 Å². The van der Waals surface area contributed by atoms with E-state index in [4.69, 9.17) is 6.57 Å². The summed E-state index contributed by atoms with van der Waals surface area (Å²) in [5.74, 6) is 1.11. The third-order valence-electron chi connectivity index (χ3n) is 16.1. The number of benzene rings is 9. The summed E-state index contributed by atoms with van der Waals surface area (Å²) in [6.45, 7) is 7.91. The summed E-state index contributed by atoms with van der Waals surface area (Å²) in [7, 11) is 0. The fraction of sp³-hybridized carbons (Fsp3) is 0.176. The minimum Gasteiger partial charge on any atom is -0.311 e. The minimum absolute atomic E-state index is 0.0507. The lowest BCUT2D eigenvalue weighted by atomic mass is 9.84.